The van der Waals surface area contributed by atoms with Crippen LogP contribution in [0.4, 0.5) is 0 Å². The average molecular weight is 302 g/mol. The average Bonchev–Trinajstić information content (AvgIpc) is 2.62. The third-order valence-electron chi connectivity index (χ3n) is 4.25. The van der Waals surface area contributed by atoms with E-state index in [1.165, 1.54) is 11.1 Å². The summed E-state index contributed by atoms with van der Waals surface area (Å²) >= 11 is 0. The maximum atomic E-state index is 10.6. The van der Waals surface area contributed by atoms with Crippen LogP contribution in [0.15, 0.2) is 78.9 Å². The monoisotopic (exact) mass is 302 g/mol. The van der Waals surface area contributed by atoms with Crippen LogP contribution in [0.1, 0.15) is 42.6 Å². The van der Waals surface area contributed by atoms with Crippen molar-refractivity contribution >= 4 is 0 Å². The van der Waals surface area contributed by atoms with Gasteiger partial charge in [0.25, 0.3) is 0 Å². The van der Waals surface area contributed by atoms with E-state index in [4.69, 9.17) is 0 Å². The van der Waals surface area contributed by atoms with Gasteiger partial charge in [-0.3, -0.25) is 0 Å². The van der Waals surface area contributed by atoms with Crippen molar-refractivity contribution < 1.29 is 5.11 Å². The van der Waals surface area contributed by atoms with Gasteiger partial charge in [0, 0.05) is 0 Å². The molecule has 0 aliphatic carbocycles. The van der Waals surface area contributed by atoms with Crippen molar-refractivity contribution in [1.29, 1.82) is 0 Å². The molecule has 0 radical (unpaired) electrons. The second-order valence-electron chi connectivity index (χ2n) is 6.21. The molecule has 0 saturated heterocycles. The normalized spacial score (nSPS) is 12.3. The van der Waals surface area contributed by atoms with Gasteiger partial charge < -0.3 is 5.11 Å². The highest BCUT2D eigenvalue weighted by Gasteiger charge is 2.11. The second kappa shape index (κ2) is 6.80. The lowest BCUT2D eigenvalue weighted by atomic mass is 9.96. The molecule has 23 heavy (non-hydrogen) atoms. The Balaban J connectivity index is 1.81. The predicted octanol–water partition coefficient (Wildman–Crippen LogP) is 5.56. The summed E-state index contributed by atoms with van der Waals surface area (Å²) in [6.07, 6.45) is -0.582. The third kappa shape index (κ3) is 3.52. The maximum absolute atomic E-state index is 10.6. The molecule has 0 spiro atoms. The first-order chi connectivity index (χ1) is 11.1. The van der Waals surface area contributed by atoms with Crippen molar-refractivity contribution in [1.82, 2.24) is 0 Å². The zero-order chi connectivity index (χ0) is 16.2. The Labute approximate surface area is 138 Å². The van der Waals surface area contributed by atoms with Gasteiger partial charge in [-0.05, 0) is 33.7 Å². The molecule has 0 bridgehead atoms. The number of aliphatic hydroxyl groups is 1. The standard InChI is InChI=1S/C22H22O/c1-16(2)17-8-12-20(13-9-17)22(23)21-14-10-19(11-15-21)18-6-4-3-5-7-18/h3-16,22-23H,1-2H3/t22-/m1/s1. The fourth-order valence-electron chi connectivity index (χ4n) is 2.74. The summed E-state index contributed by atoms with van der Waals surface area (Å²) in [5.41, 5.74) is 5.50. The molecule has 116 valence electrons. The molecule has 1 heteroatoms. The minimum absolute atomic E-state index is 0.506. The molecule has 0 saturated carbocycles. The first-order valence-electron chi connectivity index (χ1n) is 8.08. The van der Waals surface area contributed by atoms with Crippen LogP contribution in [0, 0.1) is 0 Å². The molecular formula is C22H22O. The Morgan fingerprint density at radius 3 is 1.52 bits per heavy atom. The molecule has 0 aromatic heterocycles. The summed E-state index contributed by atoms with van der Waals surface area (Å²) < 4.78 is 0. The highest BCUT2D eigenvalue weighted by molar-refractivity contribution is 5.63. The van der Waals surface area contributed by atoms with E-state index in [-0.39, 0.29) is 0 Å². The molecule has 0 amide bonds. The van der Waals surface area contributed by atoms with E-state index in [1.807, 2.05) is 42.5 Å². The number of hydrogen-bond acceptors (Lipinski definition) is 1. The Hall–Kier alpha value is -2.38. The summed E-state index contributed by atoms with van der Waals surface area (Å²) in [4.78, 5) is 0. The first-order valence-corrected chi connectivity index (χ1v) is 8.08. The topological polar surface area (TPSA) is 20.2 Å². The number of aliphatic hydroxyl groups excluding tert-OH is 1. The van der Waals surface area contributed by atoms with E-state index in [2.05, 4.69) is 50.2 Å². The Bertz CT molecular complexity index is 740. The SMILES string of the molecule is CC(C)c1ccc([C@@H](O)c2ccc(-c3ccccc3)cc2)cc1. The van der Waals surface area contributed by atoms with Gasteiger partial charge >= 0.3 is 0 Å². The molecule has 3 aromatic rings. The Morgan fingerprint density at radius 1 is 0.565 bits per heavy atom. The van der Waals surface area contributed by atoms with Crippen LogP contribution in [0.2, 0.25) is 0 Å². The maximum Gasteiger partial charge on any atom is 0.104 e. The van der Waals surface area contributed by atoms with Crippen molar-refractivity contribution in [2.24, 2.45) is 0 Å². The van der Waals surface area contributed by atoms with Gasteiger partial charge in [0.15, 0.2) is 0 Å². The summed E-state index contributed by atoms with van der Waals surface area (Å²) in [6.45, 7) is 4.35. The van der Waals surface area contributed by atoms with Crippen molar-refractivity contribution in [3.8, 4) is 11.1 Å². The summed E-state index contributed by atoms with van der Waals surface area (Å²) in [5.74, 6) is 0.506. The molecule has 0 aliphatic rings. The van der Waals surface area contributed by atoms with Crippen LogP contribution in [0.3, 0.4) is 0 Å². The first kappa shape index (κ1) is 15.5. The van der Waals surface area contributed by atoms with E-state index in [1.54, 1.807) is 0 Å². The fraction of sp³-hybridized carbons (Fsp3) is 0.182. The molecule has 3 rings (SSSR count). The van der Waals surface area contributed by atoms with Crippen molar-refractivity contribution in [2.75, 3.05) is 0 Å². The third-order valence-corrected chi connectivity index (χ3v) is 4.25. The van der Waals surface area contributed by atoms with E-state index in [0.29, 0.717) is 5.92 Å². The highest BCUT2D eigenvalue weighted by atomic mass is 16.3. The van der Waals surface area contributed by atoms with Gasteiger partial charge in [-0.1, -0.05) is 92.7 Å². The molecule has 3 aromatic carbocycles. The van der Waals surface area contributed by atoms with E-state index < -0.39 is 6.10 Å². The van der Waals surface area contributed by atoms with Crippen LogP contribution in [-0.2, 0) is 0 Å². The van der Waals surface area contributed by atoms with Gasteiger partial charge in [0.1, 0.15) is 6.10 Å². The molecule has 0 unspecified atom stereocenters. The molecule has 0 heterocycles. The predicted molar refractivity (Wildman–Crippen MR) is 96.5 cm³/mol. The van der Waals surface area contributed by atoms with Crippen LogP contribution >= 0.6 is 0 Å². The zero-order valence-corrected chi connectivity index (χ0v) is 13.6. The zero-order valence-electron chi connectivity index (χ0n) is 13.6. The lowest BCUT2D eigenvalue weighted by Gasteiger charge is -2.14. The van der Waals surface area contributed by atoms with Crippen LogP contribution in [0.5, 0.6) is 0 Å². The van der Waals surface area contributed by atoms with E-state index in [0.717, 1.165) is 16.7 Å². The quantitative estimate of drug-likeness (QED) is 0.669. The second-order valence-corrected chi connectivity index (χ2v) is 6.21. The molecular weight excluding hydrogens is 280 g/mol. The smallest absolute Gasteiger partial charge is 0.104 e. The minimum Gasteiger partial charge on any atom is -0.384 e. The number of rotatable bonds is 4. The molecule has 0 fully saturated rings. The Morgan fingerprint density at radius 2 is 1.00 bits per heavy atom. The van der Waals surface area contributed by atoms with Crippen LogP contribution in [-0.4, -0.2) is 5.11 Å². The molecule has 0 aliphatic heterocycles. The van der Waals surface area contributed by atoms with Gasteiger partial charge in [-0.15, -0.1) is 0 Å². The Kier molecular flexibility index (Phi) is 4.59. The number of hydrogen-bond donors (Lipinski definition) is 1. The van der Waals surface area contributed by atoms with Crippen molar-refractivity contribution in [3.63, 3.8) is 0 Å². The van der Waals surface area contributed by atoms with E-state index >= 15 is 0 Å². The van der Waals surface area contributed by atoms with E-state index in [9.17, 15) is 5.11 Å². The molecule has 1 N–H and O–H groups in total. The highest BCUT2D eigenvalue weighted by Crippen LogP contribution is 2.26. The lowest BCUT2D eigenvalue weighted by Crippen LogP contribution is -2.00. The largest absolute Gasteiger partial charge is 0.384 e. The minimum atomic E-state index is -0.582. The summed E-state index contributed by atoms with van der Waals surface area (Å²) in [7, 11) is 0. The summed E-state index contributed by atoms with van der Waals surface area (Å²) in [6, 6.07) is 26.6. The molecule has 1 atom stereocenters. The van der Waals surface area contributed by atoms with Crippen molar-refractivity contribution in [3.05, 3.63) is 95.6 Å². The van der Waals surface area contributed by atoms with Crippen LogP contribution in [0.25, 0.3) is 11.1 Å². The van der Waals surface area contributed by atoms with Crippen LogP contribution < -0.4 is 0 Å². The van der Waals surface area contributed by atoms with Gasteiger partial charge in [-0.2, -0.15) is 0 Å². The molecule has 1 nitrogen and oxygen atoms in total. The number of benzene rings is 3. The summed E-state index contributed by atoms with van der Waals surface area (Å²) in [5, 5.41) is 10.6. The van der Waals surface area contributed by atoms with Gasteiger partial charge in [0.2, 0.25) is 0 Å². The van der Waals surface area contributed by atoms with Gasteiger partial charge in [0.05, 0.1) is 0 Å². The lowest BCUT2D eigenvalue weighted by molar-refractivity contribution is 0.220. The fourth-order valence-corrected chi connectivity index (χ4v) is 2.74. The van der Waals surface area contributed by atoms with Crippen molar-refractivity contribution in [2.45, 2.75) is 25.9 Å². The van der Waals surface area contributed by atoms with Gasteiger partial charge in [-0.25, -0.2) is 0 Å².